The van der Waals surface area contributed by atoms with Crippen molar-refractivity contribution in [2.24, 2.45) is 0 Å². The third kappa shape index (κ3) is 6.13. The highest BCUT2D eigenvalue weighted by atomic mass is 32.1. The van der Waals surface area contributed by atoms with Crippen LogP contribution in [0.5, 0.6) is 5.75 Å². The largest absolute Gasteiger partial charge is 0.490 e. The van der Waals surface area contributed by atoms with Gasteiger partial charge in [-0.25, -0.2) is 9.97 Å². The lowest BCUT2D eigenvalue weighted by Crippen LogP contribution is -2.36. The third-order valence-electron chi connectivity index (χ3n) is 7.02. The lowest BCUT2D eigenvalue weighted by atomic mass is 10.0. The topological polar surface area (TPSA) is 76.3 Å². The average molecular weight is 566 g/mol. The van der Waals surface area contributed by atoms with Gasteiger partial charge in [0.15, 0.2) is 0 Å². The minimum absolute atomic E-state index is 0.144. The lowest BCUT2D eigenvalue weighted by Gasteiger charge is -2.30. The molecular formula is C30H30F3N5OS. The molecule has 4 aromatic rings. The summed E-state index contributed by atoms with van der Waals surface area (Å²) in [6, 6.07) is 9.85. The molecule has 0 saturated carbocycles. The molecule has 10 heteroatoms. The highest BCUT2D eigenvalue weighted by Gasteiger charge is 2.35. The molecule has 0 bridgehead atoms. The molecule has 0 spiro atoms. The van der Waals surface area contributed by atoms with Gasteiger partial charge >= 0.3 is 6.18 Å². The monoisotopic (exact) mass is 565 g/mol. The van der Waals surface area contributed by atoms with Crippen molar-refractivity contribution in [1.82, 2.24) is 14.9 Å². The van der Waals surface area contributed by atoms with Crippen molar-refractivity contribution in [1.29, 1.82) is 0 Å². The smallest absolute Gasteiger partial charge is 0.419 e. The molecule has 1 aliphatic heterocycles. The van der Waals surface area contributed by atoms with Crippen molar-refractivity contribution < 1.29 is 17.9 Å². The minimum atomic E-state index is -4.56. The molecule has 0 radical (unpaired) electrons. The number of nitrogen functional groups attached to an aromatic ring is 1. The van der Waals surface area contributed by atoms with Crippen LogP contribution in [0.4, 0.5) is 24.7 Å². The molecule has 1 fully saturated rings. The van der Waals surface area contributed by atoms with Crippen molar-refractivity contribution in [3.05, 3.63) is 82.5 Å². The zero-order chi connectivity index (χ0) is 28.4. The molecule has 40 heavy (non-hydrogen) atoms. The molecule has 3 heterocycles. The van der Waals surface area contributed by atoms with Crippen LogP contribution in [0.25, 0.3) is 28.1 Å². The third-order valence-corrected chi connectivity index (χ3v) is 8.03. The van der Waals surface area contributed by atoms with Crippen LogP contribution in [0.3, 0.4) is 0 Å². The number of ether oxygens (including phenoxy) is 1. The van der Waals surface area contributed by atoms with Gasteiger partial charge in [0.1, 0.15) is 24.0 Å². The molecule has 2 aromatic carbocycles. The quantitative estimate of drug-likeness (QED) is 0.244. The van der Waals surface area contributed by atoms with Gasteiger partial charge in [-0.3, -0.25) is 0 Å². The van der Waals surface area contributed by atoms with Crippen molar-refractivity contribution in [3.63, 3.8) is 0 Å². The summed E-state index contributed by atoms with van der Waals surface area (Å²) in [5.74, 6) is 0.306. The average Bonchev–Trinajstić information content (AvgIpc) is 3.34. The summed E-state index contributed by atoms with van der Waals surface area (Å²) in [6.07, 6.45) is 1.98. The van der Waals surface area contributed by atoms with Gasteiger partial charge in [-0.05, 0) is 73.8 Å². The fourth-order valence-electron chi connectivity index (χ4n) is 4.65. The first-order chi connectivity index (χ1) is 19.1. The van der Waals surface area contributed by atoms with Crippen molar-refractivity contribution in [3.8, 4) is 5.75 Å². The number of aryl methyl sites for hydroxylation is 1. The summed E-state index contributed by atoms with van der Waals surface area (Å²) in [5, 5.41) is 5.14. The maximum atomic E-state index is 14.0. The van der Waals surface area contributed by atoms with Crippen LogP contribution in [0.1, 0.15) is 40.7 Å². The maximum Gasteiger partial charge on any atom is 0.419 e. The normalized spacial score (nSPS) is 15.1. The first-order valence-corrected chi connectivity index (χ1v) is 13.8. The minimum Gasteiger partial charge on any atom is -0.490 e. The Kier molecular flexibility index (Phi) is 7.82. The molecule has 5 rings (SSSR count). The second-order valence-electron chi connectivity index (χ2n) is 9.97. The predicted octanol–water partition coefficient (Wildman–Crippen LogP) is 7.33. The predicted molar refractivity (Wildman–Crippen MR) is 157 cm³/mol. The van der Waals surface area contributed by atoms with E-state index in [4.69, 9.17) is 10.5 Å². The van der Waals surface area contributed by atoms with E-state index in [1.807, 2.05) is 49.7 Å². The summed E-state index contributed by atoms with van der Waals surface area (Å²) >= 11 is 1.49. The molecule has 208 valence electrons. The highest BCUT2D eigenvalue weighted by Crippen LogP contribution is 2.39. The van der Waals surface area contributed by atoms with Crippen LogP contribution >= 0.6 is 11.3 Å². The maximum absolute atomic E-state index is 14.0. The van der Waals surface area contributed by atoms with Crippen LogP contribution in [0.15, 0.2) is 54.7 Å². The van der Waals surface area contributed by atoms with Gasteiger partial charge in [0.25, 0.3) is 0 Å². The van der Waals surface area contributed by atoms with Crippen LogP contribution in [-0.4, -0.2) is 41.1 Å². The number of anilines is 2. The molecule has 0 unspecified atom stereocenters. The molecule has 1 aliphatic rings. The zero-order valence-corrected chi connectivity index (χ0v) is 23.1. The molecule has 3 N–H and O–H groups in total. The Hall–Kier alpha value is -3.89. The van der Waals surface area contributed by atoms with Gasteiger partial charge in [0.2, 0.25) is 0 Å². The number of nitrogens with zero attached hydrogens (tertiary/aromatic N) is 3. The van der Waals surface area contributed by atoms with E-state index in [1.165, 1.54) is 23.7 Å². The number of rotatable bonds is 7. The first kappa shape index (κ1) is 27.7. The van der Waals surface area contributed by atoms with Gasteiger partial charge in [-0.2, -0.15) is 13.2 Å². The first-order valence-electron chi connectivity index (χ1n) is 12.9. The number of likely N-dealkylation sites (tertiary alicyclic amines) is 1. The fourth-order valence-corrected chi connectivity index (χ4v) is 5.54. The number of thiophene rings is 1. The lowest BCUT2D eigenvalue weighted by molar-refractivity contribution is -0.139. The Morgan fingerprint density at radius 1 is 1.12 bits per heavy atom. The number of halogens is 3. The van der Waals surface area contributed by atoms with Crippen LogP contribution in [0.2, 0.25) is 0 Å². The molecule has 0 atom stereocenters. The number of aromatic nitrogens is 2. The number of fused-ring (bicyclic) bond motifs is 1. The van der Waals surface area contributed by atoms with Gasteiger partial charge in [-0.1, -0.05) is 24.8 Å². The summed E-state index contributed by atoms with van der Waals surface area (Å²) < 4.78 is 48.6. The number of piperidine rings is 1. The van der Waals surface area contributed by atoms with Gasteiger partial charge in [0, 0.05) is 35.4 Å². The number of hydrogen-bond acceptors (Lipinski definition) is 7. The van der Waals surface area contributed by atoms with E-state index in [1.54, 1.807) is 6.07 Å². The van der Waals surface area contributed by atoms with Gasteiger partial charge in [0.05, 0.1) is 15.8 Å². The summed E-state index contributed by atoms with van der Waals surface area (Å²) in [6.45, 7) is 7.59. The van der Waals surface area contributed by atoms with E-state index in [9.17, 15) is 13.2 Å². The Morgan fingerprint density at radius 2 is 1.88 bits per heavy atom. The van der Waals surface area contributed by atoms with Crippen LogP contribution in [0, 0.1) is 6.92 Å². The SMILES string of the molecule is C=C(Nc1ccc(C)c(/C=C/c2csc3c(N)ncnc23)c1)c1ccc(OC2CCN(C)CC2)c(C(F)(F)F)c1. The zero-order valence-electron chi connectivity index (χ0n) is 22.3. The highest BCUT2D eigenvalue weighted by molar-refractivity contribution is 7.18. The molecule has 1 saturated heterocycles. The number of benzene rings is 2. The number of nitrogens with one attached hydrogen (secondary N) is 1. The Morgan fingerprint density at radius 3 is 2.62 bits per heavy atom. The molecule has 0 amide bonds. The number of alkyl halides is 3. The second kappa shape index (κ2) is 11.3. The van der Waals surface area contributed by atoms with Gasteiger partial charge in [-0.15, -0.1) is 11.3 Å². The second-order valence-corrected chi connectivity index (χ2v) is 10.8. The molecule has 2 aromatic heterocycles. The Labute approximate surface area is 235 Å². The van der Waals surface area contributed by atoms with E-state index < -0.39 is 11.7 Å². The number of hydrogen-bond donors (Lipinski definition) is 2. The standard InChI is InChI=1S/C30H30F3N5OS/c1-18-4-8-23(14-20(18)5-6-22-16-40-28-27(22)35-17-36-29(28)34)37-19(2)21-7-9-26(25(15-21)30(31,32)33)39-24-10-12-38(3)13-11-24/h4-9,14-17,24,37H,2,10-13H2,1,3H3,(H2,34,35,36)/b6-5+. The van der Waals surface area contributed by atoms with E-state index in [0.29, 0.717) is 35.6 Å². The van der Waals surface area contributed by atoms with E-state index in [0.717, 1.165) is 46.1 Å². The Balaban J connectivity index is 1.34. The van der Waals surface area contributed by atoms with E-state index in [-0.39, 0.29) is 11.9 Å². The molecular weight excluding hydrogens is 535 g/mol. The van der Waals surface area contributed by atoms with Crippen LogP contribution < -0.4 is 15.8 Å². The Bertz CT molecular complexity index is 1570. The van der Waals surface area contributed by atoms with Crippen molar-refractivity contribution >= 4 is 50.9 Å². The summed E-state index contributed by atoms with van der Waals surface area (Å²) in [5.41, 5.74) is 10.2. The van der Waals surface area contributed by atoms with Crippen molar-refractivity contribution in [2.75, 3.05) is 31.2 Å². The summed E-state index contributed by atoms with van der Waals surface area (Å²) in [4.78, 5) is 10.5. The molecule has 0 aliphatic carbocycles. The summed E-state index contributed by atoms with van der Waals surface area (Å²) in [7, 11) is 2.00. The van der Waals surface area contributed by atoms with Crippen LogP contribution in [-0.2, 0) is 6.18 Å². The van der Waals surface area contributed by atoms with E-state index in [2.05, 4.69) is 26.8 Å². The van der Waals surface area contributed by atoms with Gasteiger partial charge < -0.3 is 20.7 Å². The van der Waals surface area contributed by atoms with Crippen molar-refractivity contribution in [2.45, 2.75) is 32.0 Å². The molecule has 6 nitrogen and oxygen atoms in total. The fraction of sp³-hybridized carbons (Fsp3) is 0.267. The number of nitrogens with two attached hydrogens (primary N) is 1. The van der Waals surface area contributed by atoms with E-state index >= 15 is 0 Å².